The van der Waals surface area contributed by atoms with Crippen LogP contribution in [0.4, 0.5) is 10.5 Å². The summed E-state index contributed by atoms with van der Waals surface area (Å²) < 4.78 is 5.68. The van der Waals surface area contributed by atoms with E-state index in [2.05, 4.69) is 24.3 Å². The molecule has 1 aliphatic heterocycles. The Bertz CT molecular complexity index is 1670. The third-order valence-electron chi connectivity index (χ3n) is 7.31. The number of amides is 1. The van der Waals surface area contributed by atoms with Crippen molar-refractivity contribution >= 4 is 22.6 Å². The average molecular weight is 515 g/mol. The lowest BCUT2D eigenvalue weighted by Gasteiger charge is -2.33. The molecule has 0 saturated carbocycles. The number of hydrogen-bond acceptors (Lipinski definition) is 4. The van der Waals surface area contributed by atoms with Crippen LogP contribution >= 0.6 is 0 Å². The molecule has 0 aliphatic carbocycles. The van der Waals surface area contributed by atoms with E-state index in [1.165, 1.54) is 23.3 Å². The van der Waals surface area contributed by atoms with Gasteiger partial charge in [-0.3, -0.25) is 10.1 Å². The average Bonchev–Trinajstić information content (AvgIpc) is 2.99. The summed E-state index contributed by atoms with van der Waals surface area (Å²) in [5, 5.41) is 13.5. The molecule has 0 N–H and O–H groups in total. The first-order valence-corrected chi connectivity index (χ1v) is 12.9. The van der Waals surface area contributed by atoms with Crippen LogP contribution in [0.25, 0.3) is 33.0 Å². The van der Waals surface area contributed by atoms with Gasteiger partial charge in [0, 0.05) is 25.2 Å². The zero-order valence-electron chi connectivity index (χ0n) is 21.2. The number of carbonyl (C=O) groups is 1. The Kier molecular flexibility index (Phi) is 6.51. The molecule has 1 aliphatic rings. The predicted octanol–water partition coefficient (Wildman–Crippen LogP) is 7.78. The highest BCUT2D eigenvalue weighted by atomic mass is 16.6. The Morgan fingerprint density at radius 1 is 0.744 bits per heavy atom. The van der Waals surface area contributed by atoms with E-state index in [0.717, 1.165) is 38.6 Å². The Labute approximate surface area is 226 Å². The minimum Gasteiger partial charge on any atom is -0.445 e. The van der Waals surface area contributed by atoms with Crippen LogP contribution in [0, 0.1) is 10.1 Å². The normalized spacial score (nSPS) is 12.7. The molecule has 192 valence electrons. The number of rotatable bonds is 5. The van der Waals surface area contributed by atoms with E-state index in [-0.39, 0.29) is 23.3 Å². The summed E-state index contributed by atoms with van der Waals surface area (Å²) in [5.41, 5.74) is 7.40. The highest BCUT2D eigenvalue weighted by Crippen LogP contribution is 2.44. The van der Waals surface area contributed by atoms with Gasteiger partial charge in [0.1, 0.15) is 6.61 Å². The summed E-state index contributed by atoms with van der Waals surface area (Å²) in [4.78, 5) is 25.9. The molecule has 0 unspecified atom stereocenters. The number of ether oxygens (including phenoxy) is 1. The maximum absolute atomic E-state index is 13.2. The maximum atomic E-state index is 13.2. The van der Waals surface area contributed by atoms with Crippen molar-refractivity contribution in [2.24, 2.45) is 0 Å². The summed E-state index contributed by atoms with van der Waals surface area (Å²) in [6.45, 7) is 1.14. The minimum atomic E-state index is -0.389. The Balaban J connectivity index is 1.48. The number of nitro groups is 1. The molecule has 6 nitrogen and oxygen atoms in total. The second-order valence-corrected chi connectivity index (χ2v) is 9.63. The summed E-state index contributed by atoms with van der Waals surface area (Å²) in [6.07, 6.45) is 0.318. The molecule has 5 aromatic carbocycles. The van der Waals surface area contributed by atoms with Gasteiger partial charge in [-0.1, -0.05) is 84.9 Å². The van der Waals surface area contributed by atoms with Gasteiger partial charge >= 0.3 is 6.09 Å². The van der Waals surface area contributed by atoms with Crippen LogP contribution < -0.4 is 0 Å². The SMILES string of the molecule is O=C(OCc1ccccc1)N1CCc2c(c(-c3ccc([N+](=O)[O-])cc3)c3ccccc3c2-c2ccccc2)C1. The van der Waals surface area contributed by atoms with E-state index < -0.39 is 0 Å². The topological polar surface area (TPSA) is 72.7 Å². The smallest absolute Gasteiger partial charge is 0.410 e. The molecule has 0 fully saturated rings. The number of hydrogen-bond donors (Lipinski definition) is 0. The van der Waals surface area contributed by atoms with Gasteiger partial charge in [-0.15, -0.1) is 0 Å². The van der Waals surface area contributed by atoms with Crippen LogP contribution in [-0.2, 0) is 24.3 Å². The van der Waals surface area contributed by atoms with Gasteiger partial charge in [0.15, 0.2) is 0 Å². The van der Waals surface area contributed by atoms with E-state index in [9.17, 15) is 14.9 Å². The highest BCUT2D eigenvalue weighted by Gasteiger charge is 2.29. The summed E-state index contributed by atoms with van der Waals surface area (Å²) in [7, 11) is 0. The number of non-ortho nitro benzene ring substituents is 1. The molecule has 0 bridgehead atoms. The molecule has 6 heteroatoms. The number of fused-ring (bicyclic) bond motifs is 2. The number of benzene rings is 5. The molecular formula is C33H26N2O4. The molecule has 1 heterocycles. The molecule has 0 saturated heterocycles. The zero-order valence-corrected chi connectivity index (χ0v) is 21.2. The van der Waals surface area contributed by atoms with Gasteiger partial charge in [0.25, 0.3) is 5.69 Å². The van der Waals surface area contributed by atoms with Crippen molar-refractivity contribution in [3.8, 4) is 22.3 Å². The lowest BCUT2D eigenvalue weighted by molar-refractivity contribution is -0.384. The molecular weight excluding hydrogens is 488 g/mol. The van der Waals surface area contributed by atoms with Crippen molar-refractivity contribution in [1.82, 2.24) is 4.90 Å². The number of nitro benzene ring substituents is 1. The molecule has 0 radical (unpaired) electrons. The second kappa shape index (κ2) is 10.4. The number of nitrogens with zero attached hydrogens (tertiary/aromatic N) is 2. The fourth-order valence-corrected chi connectivity index (χ4v) is 5.49. The summed E-state index contributed by atoms with van der Waals surface area (Å²) >= 11 is 0. The molecule has 1 amide bonds. The Morgan fingerprint density at radius 3 is 1.95 bits per heavy atom. The molecule has 6 rings (SSSR count). The van der Waals surface area contributed by atoms with Crippen molar-refractivity contribution < 1.29 is 14.5 Å². The molecule has 39 heavy (non-hydrogen) atoms. The highest BCUT2D eigenvalue weighted by molar-refractivity contribution is 6.08. The zero-order chi connectivity index (χ0) is 26.8. The standard InChI is InChI=1S/C33H26N2O4/c36-33(39-22-23-9-3-1-4-10-23)34-20-19-29-30(21-34)32(25-15-17-26(18-16-25)35(37)38)28-14-8-7-13-27(28)31(29)24-11-5-2-6-12-24/h1-18H,19-22H2. The maximum Gasteiger partial charge on any atom is 0.410 e. The van der Waals surface area contributed by atoms with Gasteiger partial charge in [0.05, 0.1) is 4.92 Å². The number of carbonyl (C=O) groups excluding carboxylic acids is 1. The Morgan fingerprint density at radius 2 is 1.31 bits per heavy atom. The Hall–Kier alpha value is -4.97. The quantitative estimate of drug-likeness (QED) is 0.177. The predicted molar refractivity (Wildman–Crippen MR) is 152 cm³/mol. The lowest BCUT2D eigenvalue weighted by atomic mass is 9.81. The van der Waals surface area contributed by atoms with Gasteiger partial charge in [-0.2, -0.15) is 0 Å². The van der Waals surface area contributed by atoms with Crippen LogP contribution in [0.2, 0.25) is 0 Å². The molecule has 5 aromatic rings. The van der Waals surface area contributed by atoms with E-state index in [1.807, 2.05) is 60.7 Å². The fraction of sp³-hybridized carbons (Fsp3) is 0.121. The van der Waals surface area contributed by atoms with Crippen molar-refractivity contribution in [3.05, 3.63) is 136 Å². The minimum absolute atomic E-state index is 0.0453. The third kappa shape index (κ3) is 4.73. The molecule has 0 spiro atoms. The largest absolute Gasteiger partial charge is 0.445 e. The lowest BCUT2D eigenvalue weighted by Crippen LogP contribution is -2.37. The van der Waals surface area contributed by atoms with Crippen LogP contribution in [0.1, 0.15) is 16.7 Å². The monoisotopic (exact) mass is 514 g/mol. The van der Waals surface area contributed by atoms with Crippen LogP contribution in [-0.4, -0.2) is 22.5 Å². The van der Waals surface area contributed by atoms with Crippen LogP contribution in [0.5, 0.6) is 0 Å². The van der Waals surface area contributed by atoms with Gasteiger partial charge < -0.3 is 9.64 Å². The molecule has 0 atom stereocenters. The van der Waals surface area contributed by atoms with Crippen molar-refractivity contribution in [2.45, 2.75) is 19.6 Å². The van der Waals surface area contributed by atoms with Crippen molar-refractivity contribution in [3.63, 3.8) is 0 Å². The van der Waals surface area contributed by atoms with Crippen LogP contribution in [0.15, 0.2) is 109 Å². The van der Waals surface area contributed by atoms with Crippen molar-refractivity contribution in [1.29, 1.82) is 0 Å². The van der Waals surface area contributed by atoms with Gasteiger partial charge in [0.2, 0.25) is 0 Å². The summed E-state index contributed by atoms with van der Waals surface area (Å²) in [5.74, 6) is 0. The van der Waals surface area contributed by atoms with E-state index >= 15 is 0 Å². The van der Waals surface area contributed by atoms with E-state index in [0.29, 0.717) is 19.5 Å². The first-order chi connectivity index (χ1) is 19.1. The first kappa shape index (κ1) is 24.4. The summed E-state index contributed by atoms with van der Waals surface area (Å²) in [6, 6.07) is 34.9. The van der Waals surface area contributed by atoms with Gasteiger partial charge in [-0.05, 0) is 68.3 Å². The fourth-order valence-electron chi connectivity index (χ4n) is 5.49. The third-order valence-corrected chi connectivity index (χ3v) is 7.31. The first-order valence-electron chi connectivity index (χ1n) is 12.9. The van der Waals surface area contributed by atoms with E-state index in [1.54, 1.807) is 17.0 Å². The second-order valence-electron chi connectivity index (χ2n) is 9.63. The van der Waals surface area contributed by atoms with Gasteiger partial charge in [-0.25, -0.2) is 4.79 Å². The molecule has 0 aromatic heterocycles. The van der Waals surface area contributed by atoms with Crippen molar-refractivity contribution in [2.75, 3.05) is 6.54 Å². The van der Waals surface area contributed by atoms with Crippen LogP contribution in [0.3, 0.4) is 0 Å². The van der Waals surface area contributed by atoms with E-state index in [4.69, 9.17) is 4.74 Å².